The molecule has 2 rings (SSSR count). The molecule has 0 bridgehead atoms. The van der Waals surface area contributed by atoms with E-state index in [1.165, 1.54) is 0 Å². The van der Waals surface area contributed by atoms with Gasteiger partial charge in [-0.05, 0) is 31.6 Å². The lowest BCUT2D eigenvalue weighted by Gasteiger charge is -2.17. The molecule has 0 fully saturated rings. The molecule has 1 amide bonds. The minimum absolute atomic E-state index is 0.179. The fourth-order valence-corrected chi connectivity index (χ4v) is 2.42. The Morgan fingerprint density at radius 3 is 2.95 bits per heavy atom. The van der Waals surface area contributed by atoms with Gasteiger partial charge in [-0.2, -0.15) is 5.10 Å². The average molecular weight is 265 g/mol. The molecule has 2 unspecified atom stereocenters. The molecule has 0 saturated heterocycles. The summed E-state index contributed by atoms with van der Waals surface area (Å²) in [6, 6.07) is 0. The fourth-order valence-electron chi connectivity index (χ4n) is 2.42. The minimum atomic E-state index is -0.497. The molecule has 1 aliphatic rings. The first-order valence-electron chi connectivity index (χ1n) is 7.15. The van der Waals surface area contributed by atoms with Gasteiger partial charge in [0.25, 0.3) is 5.91 Å². The summed E-state index contributed by atoms with van der Waals surface area (Å²) in [5, 5.41) is 19.7. The monoisotopic (exact) mass is 265 g/mol. The zero-order valence-electron chi connectivity index (χ0n) is 11.7. The smallest absolute Gasteiger partial charge is 0.272 e. The summed E-state index contributed by atoms with van der Waals surface area (Å²) >= 11 is 0. The van der Waals surface area contributed by atoms with E-state index >= 15 is 0 Å². The maximum absolute atomic E-state index is 12.1. The summed E-state index contributed by atoms with van der Waals surface area (Å²) in [4.78, 5) is 12.1. The van der Waals surface area contributed by atoms with E-state index in [1.54, 1.807) is 0 Å². The Morgan fingerprint density at radius 1 is 1.47 bits per heavy atom. The van der Waals surface area contributed by atoms with Crippen LogP contribution in [-0.2, 0) is 12.8 Å². The van der Waals surface area contributed by atoms with Crippen LogP contribution in [0.5, 0.6) is 0 Å². The van der Waals surface area contributed by atoms with Gasteiger partial charge in [-0.3, -0.25) is 9.89 Å². The number of hydrogen-bond acceptors (Lipinski definition) is 3. The number of amides is 1. The number of fused-ring (bicyclic) bond motifs is 1. The normalized spacial score (nSPS) is 17.6. The van der Waals surface area contributed by atoms with E-state index < -0.39 is 6.10 Å². The summed E-state index contributed by atoms with van der Waals surface area (Å²) in [6.45, 7) is 4.29. The third-order valence-corrected chi connectivity index (χ3v) is 4.04. The van der Waals surface area contributed by atoms with Crippen molar-refractivity contribution in [1.29, 1.82) is 0 Å². The summed E-state index contributed by atoms with van der Waals surface area (Å²) in [5.74, 6) is 0.00940. The van der Waals surface area contributed by atoms with Crippen LogP contribution < -0.4 is 5.32 Å². The maximum atomic E-state index is 12.1. The number of aromatic nitrogens is 2. The number of carbonyl (C=O) groups excluding carboxylic acids is 1. The maximum Gasteiger partial charge on any atom is 0.272 e. The lowest BCUT2D eigenvalue weighted by atomic mass is 9.95. The van der Waals surface area contributed by atoms with Gasteiger partial charge in [0.2, 0.25) is 0 Å². The van der Waals surface area contributed by atoms with E-state index in [0.717, 1.165) is 43.4 Å². The van der Waals surface area contributed by atoms with Crippen LogP contribution in [0.4, 0.5) is 0 Å². The van der Waals surface area contributed by atoms with Crippen molar-refractivity contribution in [2.24, 2.45) is 5.92 Å². The zero-order valence-corrected chi connectivity index (χ0v) is 11.7. The fraction of sp³-hybridized carbons (Fsp3) is 0.714. The molecular weight excluding hydrogens is 242 g/mol. The van der Waals surface area contributed by atoms with Crippen molar-refractivity contribution in [3.63, 3.8) is 0 Å². The van der Waals surface area contributed by atoms with Crippen LogP contribution in [0.25, 0.3) is 0 Å². The second-order valence-corrected chi connectivity index (χ2v) is 5.40. The summed E-state index contributed by atoms with van der Waals surface area (Å²) in [6.07, 6.45) is 4.57. The van der Waals surface area contributed by atoms with Gasteiger partial charge in [-0.1, -0.05) is 20.3 Å². The summed E-state index contributed by atoms with van der Waals surface area (Å²) in [7, 11) is 0. The lowest BCUT2D eigenvalue weighted by Crippen LogP contribution is -2.36. The van der Waals surface area contributed by atoms with Gasteiger partial charge in [0.05, 0.1) is 6.10 Å². The number of nitrogens with one attached hydrogen (secondary N) is 2. The molecule has 5 heteroatoms. The van der Waals surface area contributed by atoms with E-state index in [1.807, 2.05) is 13.8 Å². The largest absolute Gasteiger partial charge is 0.391 e. The van der Waals surface area contributed by atoms with Gasteiger partial charge in [0, 0.05) is 17.8 Å². The van der Waals surface area contributed by atoms with Crippen molar-refractivity contribution in [2.45, 2.75) is 52.1 Å². The molecule has 0 spiro atoms. The SMILES string of the molecule is CCC(C)C(O)CNC(=O)c1n[nH]c2c1CCCC2. The third-order valence-electron chi connectivity index (χ3n) is 4.04. The van der Waals surface area contributed by atoms with Crippen LogP contribution in [0.1, 0.15) is 54.9 Å². The molecule has 0 saturated carbocycles. The van der Waals surface area contributed by atoms with E-state index in [-0.39, 0.29) is 18.4 Å². The summed E-state index contributed by atoms with van der Waals surface area (Å²) < 4.78 is 0. The van der Waals surface area contributed by atoms with Gasteiger partial charge >= 0.3 is 0 Å². The Labute approximate surface area is 113 Å². The quantitative estimate of drug-likeness (QED) is 0.753. The number of aryl methyl sites for hydroxylation is 1. The van der Waals surface area contributed by atoms with Gasteiger partial charge in [0.15, 0.2) is 5.69 Å². The van der Waals surface area contributed by atoms with Crippen molar-refractivity contribution >= 4 is 5.91 Å². The molecule has 1 aromatic heterocycles. The molecule has 0 radical (unpaired) electrons. The van der Waals surface area contributed by atoms with E-state index in [4.69, 9.17) is 0 Å². The highest BCUT2D eigenvalue weighted by Crippen LogP contribution is 2.21. The second-order valence-electron chi connectivity index (χ2n) is 5.40. The highest BCUT2D eigenvalue weighted by Gasteiger charge is 2.22. The van der Waals surface area contributed by atoms with Crippen LogP contribution in [-0.4, -0.2) is 33.9 Å². The Hall–Kier alpha value is -1.36. The molecule has 1 heterocycles. The van der Waals surface area contributed by atoms with Crippen LogP contribution in [0.2, 0.25) is 0 Å². The van der Waals surface area contributed by atoms with E-state index in [9.17, 15) is 9.90 Å². The third kappa shape index (κ3) is 3.15. The Morgan fingerprint density at radius 2 is 2.21 bits per heavy atom. The van der Waals surface area contributed by atoms with Crippen molar-refractivity contribution in [3.05, 3.63) is 17.0 Å². The van der Waals surface area contributed by atoms with Gasteiger partial charge < -0.3 is 10.4 Å². The van der Waals surface area contributed by atoms with Crippen molar-refractivity contribution < 1.29 is 9.90 Å². The lowest BCUT2D eigenvalue weighted by molar-refractivity contribution is 0.0845. The predicted octanol–water partition coefficient (Wildman–Crippen LogP) is 1.43. The molecule has 2 atom stereocenters. The second kappa shape index (κ2) is 6.19. The number of aliphatic hydroxyl groups excluding tert-OH is 1. The number of H-pyrrole nitrogens is 1. The van der Waals surface area contributed by atoms with Crippen LogP contribution >= 0.6 is 0 Å². The average Bonchev–Trinajstić information content (AvgIpc) is 2.87. The van der Waals surface area contributed by atoms with Gasteiger partial charge in [-0.25, -0.2) is 0 Å². The minimum Gasteiger partial charge on any atom is -0.391 e. The predicted molar refractivity (Wildman–Crippen MR) is 73.0 cm³/mol. The highest BCUT2D eigenvalue weighted by atomic mass is 16.3. The number of aromatic amines is 1. The highest BCUT2D eigenvalue weighted by molar-refractivity contribution is 5.94. The molecule has 106 valence electrons. The van der Waals surface area contributed by atoms with E-state index in [0.29, 0.717) is 5.69 Å². The standard InChI is InChI=1S/C14H23N3O2/c1-3-9(2)12(18)8-15-14(19)13-10-6-4-5-7-11(10)16-17-13/h9,12,18H,3-8H2,1-2H3,(H,15,19)(H,16,17). The zero-order chi connectivity index (χ0) is 13.8. The molecule has 1 aromatic rings. The number of hydrogen-bond donors (Lipinski definition) is 3. The molecule has 19 heavy (non-hydrogen) atoms. The van der Waals surface area contributed by atoms with Gasteiger partial charge in [-0.15, -0.1) is 0 Å². The van der Waals surface area contributed by atoms with Crippen LogP contribution in [0.3, 0.4) is 0 Å². The van der Waals surface area contributed by atoms with Crippen LogP contribution in [0, 0.1) is 5.92 Å². The van der Waals surface area contributed by atoms with E-state index in [2.05, 4.69) is 15.5 Å². The van der Waals surface area contributed by atoms with Crippen molar-refractivity contribution in [3.8, 4) is 0 Å². The number of nitrogens with zero attached hydrogens (tertiary/aromatic N) is 1. The first kappa shape index (κ1) is 14.1. The Balaban J connectivity index is 1.95. The molecule has 1 aliphatic carbocycles. The van der Waals surface area contributed by atoms with Gasteiger partial charge in [0.1, 0.15) is 0 Å². The molecule has 0 aliphatic heterocycles. The first-order chi connectivity index (χ1) is 9.13. The first-order valence-corrected chi connectivity index (χ1v) is 7.15. The molecule has 3 N–H and O–H groups in total. The Kier molecular flexibility index (Phi) is 4.58. The van der Waals surface area contributed by atoms with Crippen molar-refractivity contribution in [2.75, 3.05) is 6.54 Å². The molecule has 5 nitrogen and oxygen atoms in total. The molecular formula is C14H23N3O2. The van der Waals surface area contributed by atoms with Crippen molar-refractivity contribution in [1.82, 2.24) is 15.5 Å². The number of carbonyl (C=O) groups is 1. The topological polar surface area (TPSA) is 78.0 Å². The number of rotatable bonds is 5. The molecule has 0 aromatic carbocycles. The number of aliphatic hydroxyl groups is 1. The Bertz CT molecular complexity index is 442. The van der Waals surface area contributed by atoms with Crippen LogP contribution in [0.15, 0.2) is 0 Å². The summed E-state index contributed by atoms with van der Waals surface area (Å²) in [5.41, 5.74) is 2.66.